The summed E-state index contributed by atoms with van der Waals surface area (Å²) in [7, 11) is 5.51. The molecule has 2 N–H and O–H groups in total. The van der Waals surface area contributed by atoms with Crippen LogP contribution < -0.4 is 10.1 Å². The van der Waals surface area contributed by atoms with Crippen molar-refractivity contribution in [2.75, 3.05) is 52.7 Å². The highest BCUT2D eigenvalue weighted by molar-refractivity contribution is 5.97. The lowest BCUT2D eigenvalue weighted by atomic mass is 10.00. The number of ether oxygens (including phenoxy) is 1. The van der Waals surface area contributed by atoms with E-state index < -0.39 is 12.1 Å². The number of carbonyl (C=O) groups excluding carboxylic acids is 2. The Morgan fingerprint density at radius 2 is 2.08 bits per heavy atom. The van der Waals surface area contributed by atoms with Crippen LogP contribution in [0, 0.1) is 31.6 Å². The third-order valence-corrected chi connectivity index (χ3v) is 6.21. The highest BCUT2D eigenvalue weighted by Gasteiger charge is 2.34. The largest absolute Gasteiger partial charge is 0.472 e. The van der Waals surface area contributed by atoms with Gasteiger partial charge < -0.3 is 29.5 Å². The molecule has 37 heavy (non-hydrogen) atoms. The maximum Gasteiger partial charge on any atom is 0.321 e. The highest BCUT2D eigenvalue weighted by Crippen LogP contribution is 2.27. The molecule has 3 heterocycles. The van der Waals surface area contributed by atoms with Gasteiger partial charge >= 0.3 is 6.03 Å². The molecule has 0 spiro atoms. The number of hydrogen-bond acceptors (Lipinski definition) is 8. The molecular weight excluding hydrogens is 476 g/mol. The van der Waals surface area contributed by atoms with Gasteiger partial charge in [-0.3, -0.25) is 9.69 Å². The second-order valence-corrected chi connectivity index (χ2v) is 9.75. The van der Waals surface area contributed by atoms with Crippen LogP contribution in [-0.2, 0) is 0 Å². The molecule has 200 valence electrons. The molecule has 3 amide bonds. The molecule has 0 bridgehead atoms. The van der Waals surface area contributed by atoms with E-state index in [9.17, 15) is 14.7 Å². The van der Waals surface area contributed by atoms with E-state index in [1.54, 1.807) is 45.0 Å². The predicted molar refractivity (Wildman–Crippen MR) is 138 cm³/mol. The molecule has 1 aliphatic heterocycles. The molecule has 0 radical (unpaired) electrons. The fourth-order valence-electron chi connectivity index (χ4n) is 3.90. The van der Waals surface area contributed by atoms with E-state index in [-0.39, 0.29) is 42.5 Å². The maximum absolute atomic E-state index is 13.5. The number of aliphatic hydroxyl groups excluding tert-OH is 1. The van der Waals surface area contributed by atoms with Crippen LogP contribution in [0.3, 0.4) is 0 Å². The number of nitrogens with one attached hydrogen (secondary N) is 1. The van der Waals surface area contributed by atoms with Crippen molar-refractivity contribution in [3.05, 3.63) is 34.8 Å². The average molecular weight is 513 g/mol. The Balaban J connectivity index is 1.88. The lowest BCUT2D eigenvalue weighted by Crippen LogP contribution is -2.50. The van der Waals surface area contributed by atoms with Crippen molar-refractivity contribution >= 4 is 17.6 Å². The molecule has 0 aromatic carbocycles. The standard InChI is InChI=1S/C26H36N6O5/c1-16-13-32(17(2)15-33)25(34)21-11-20(9-8-10-30(5)6)12-27-24(21)36-22(16)14-31(7)26(35)28-23-18(3)29-37-19(23)4/h11-12,16-17,22,33H,10,13-15H2,1-7H3,(H,28,35)/t16-,17+,22-/m1/s1. The second kappa shape index (κ2) is 12.1. The summed E-state index contributed by atoms with van der Waals surface area (Å²) in [4.78, 5) is 35.9. The van der Waals surface area contributed by atoms with Crippen LogP contribution in [0.5, 0.6) is 5.88 Å². The van der Waals surface area contributed by atoms with Gasteiger partial charge in [0, 0.05) is 31.3 Å². The van der Waals surface area contributed by atoms with Gasteiger partial charge in [-0.2, -0.15) is 0 Å². The second-order valence-electron chi connectivity index (χ2n) is 9.75. The first-order chi connectivity index (χ1) is 17.5. The number of anilines is 1. The first-order valence-corrected chi connectivity index (χ1v) is 12.2. The number of rotatable bonds is 6. The van der Waals surface area contributed by atoms with Gasteiger partial charge in [0.2, 0.25) is 5.88 Å². The zero-order valence-corrected chi connectivity index (χ0v) is 22.5. The third kappa shape index (κ3) is 6.78. The summed E-state index contributed by atoms with van der Waals surface area (Å²) in [5, 5.41) is 16.5. The summed E-state index contributed by atoms with van der Waals surface area (Å²) in [5.74, 6) is 6.32. The highest BCUT2D eigenvalue weighted by atomic mass is 16.5. The quantitative estimate of drug-likeness (QED) is 0.563. The van der Waals surface area contributed by atoms with E-state index in [1.807, 2.05) is 25.9 Å². The molecule has 1 aliphatic rings. The molecule has 3 rings (SSSR count). The van der Waals surface area contributed by atoms with E-state index in [4.69, 9.17) is 9.26 Å². The number of fused-ring (bicyclic) bond motifs is 1. The first kappa shape index (κ1) is 28.0. The summed E-state index contributed by atoms with van der Waals surface area (Å²) in [5.41, 5.74) is 1.99. The Bertz CT molecular complexity index is 1160. The number of pyridine rings is 1. The number of aliphatic hydroxyl groups is 1. The number of likely N-dealkylation sites (N-methyl/N-ethyl adjacent to an activating group) is 1. The van der Waals surface area contributed by atoms with Crippen LogP contribution in [-0.4, -0.2) is 101 Å². The van der Waals surface area contributed by atoms with Crippen LogP contribution in [0.4, 0.5) is 10.5 Å². The summed E-state index contributed by atoms with van der Waals surface area (Å²) >= 11 is 0. The monoisotopic (exact) mass is 512 g/mol. The zero-order valence-electron chi connectivity index (χ0n) is 22.5. The minimum absolute atomic E-state index is 0.165. The Hall–Kier alpha value is -3.62. The molecule has 0 fully saturated rings. The fourth-order valence-corrected chi connectivity index (χ4v) is 3.90. The smallest absolute Gasteiger partial charge is 0.321 e. The van der Waals surface area contributed by atoms with Crippen LogP contribution in [0.1, 0.15) is 41.2 Å². The normalized spacial score (nSPS) is 18.2. The van der Waals surface area contributed by atoms with Crippen molar-refractivity contribution in [2.24, 2.45) is 5.92 Å². The maximum atomic E-state index is 13.5. The average Bonchev–Trinajstić information content (AvgIpc) is 3.17. The van der Waals surface area contributed by atoms with Crippen molar-refractivity contribution in [1.29, 1.82) is 0 Å². The molecule has 0 saturated carbocycles. The van der Waals surface area contributed by atoms with Crippen molar-refractivity contribution in [3.63, 3.8) is 0 Å². The van der Waals surface area contributed by atoms with Crippen LogP contribution in [0.15, 0.2) is 16.8 Å². The number of aromatic nitrogens is 2. The molecular formula is C26H36N6O5. The van der Waals surface area contributed by atoms with E-state index >= 15 is 0 Å². The predicted octanol–water partition coefficient (Wildman–Crippen LogP) is 1.98. The number of hydrogen-bond donors (Lipinski definition) is 2. The van der Waals surface area contributed by atoms with Crippen molar-refractivity contribution in [2.45, 2.75) is 39.8 Å². The summed E-state index contributed by atoms with van der Waals surface area (Å²) in [6, 6.07) is 0.917. The SMILES string of the molecule is Cc1noc(C)c1NC(=O)N(C)C[C@H]1Oc2ncc(C#CCN(C)C)cc2C(=O)N([C@@H](C)CO)C[C@H]1C. The topological polar surface area (TPSA) is 124 Å². The van der Waals surface area contributed by atoms with E-state index in [0.29, 0.717) is 35.8 Å². The number of urea groups is 1. The Morgan fingerprint density at radius 1 is 1.35 bits per heavy atom. The minimum atomic E-state index is -0.473. The molecule has 2 aromatic rings. The van der Waals surface area contributed by atoms with Crippen LogP contribution in [0.25, 0.3) is 0 Å². The van der Waals surface area contributed by atoms with Crippen molar-refractivity contribution in [3.8, 4) is 17.7 Å². The van der Waals surface area contributed by atoms with Gasteiger partial charge in [-0.05, 0) is 40.9 Å². The van der Waals surface area contributed by atoms with E-state index in [0.717, 1.165) is 0 Å². The number of amides is 3. The Morgan fingerprint density at radius 3 is 2.70 bits per heavy atom. The third-order valence-electron chi connectivity index (χ3n) is 6.21. The van der Waals surface area contributed by atoms with Gasteiger partial charge in [-0.1, -0.05) is 23.9 Å². The molecule has 3 atom stereocenters. The lowest BCUT2D eigenvalue weighted by molar-refractivity contribution is 0.0356. The summed E-state index contributed by atoms with van der Waals surface area (Å²) in [6.45, 7) is 8.16. The lowest BCUT2D eigenvalue weighted by Gasteiger charge is -2.37. The molecule has 2 aromatic heterocycles. The van der Waals surface area contributed by atoms with Crippen molar-refractivity contribution in [1.82, 2.24) is 24.8 Å². The van der Waals surface area contributed by atoms with Gasteiger partial charge in [0.15, 0.2) is 5.76 Å². The van der Waals surface area contributed by atoms with E-state index in [2.05, 4.69) is 27.3 Å². The van der Waals surface area contributed by atoms with Gasteiger partial charge in [0.25, 0.3) is 5.91 Å². The first-order valence-electron chi connectivity index (χ1n) is 12.2. The zero-order chi connectivity index (χ0) is 27.3. The number of nitrogens with zero attached hydrogens (tertiary/aromatic N) is 5. The Kier molecular flexibility index (Phi) is 9.13. The van der Waals surface area contributed by atoms with E-state index in [1.165, 1.54) is 4.90 Å². The number of carbonyl (C=O) groups is 2. The fraction of sp³-hybridized carbons (Fsp3) is 0.538. The van der Waals surface area contributed by atoms with Gasteiger partial charge in [0.05, 0.1) is 25.7 Å². The number of aryl methyl sites for hydroxylation is 2. The van der Waals surface area contributed by atoms with Gasteiger partial charge in [0.1, 0.15) is 23.0 Å². The molecule has 11 nitrogen and oxygen atoms in total. The molecule has 0 aliphatic carbocycles. The molecule has 0 unspecified atom stereocenters. The van der Waals surface area contributed by atoms with Gasteiger partial charge in [-0.15, -0.1) is 0 Å². The molecule has 0 saturated heterocycles. The summed E-state index contributed by atoms with van der Waals surface area (Å²) in [6.07, 6.45) is 1.10. The van der Waals surface area contributed by atoms with Crippen molar-refractivity contribution < 1.29 is 24.0 Å². The van der Waals surface area contributed by atoms with Crippen LogP contribution >= 0.6 is 0 Å². The Labute approximate surface area is 217 Å². The van der Waals surface area contributed by atoms with Gasteiger partial charge in [-0.25, -0.2) is 9.78 Å². The van der Waals surface area contributed by atoms with Crippen LogP contribution in [0.2, 0.25) is 0 Å². The molecule has 11 heteroatoms. The summed E-state index contributed by atoms with van der Waals surface area (Å²) < 4.78 is 11.4. The minimum Gasteiger partial charge on any atom is -0.472 e.